The van der Waals surface area contributed by atoms with Crippen LogP contribution in [0.25, 0.3) is 10.2 Å². The minimum Gasteiger partial charge on any atom is -0.508 e. The highest BCUT2D eigenvalue weighted by molar-refractivity contribution is 7.16. The number of fused-ring (bicyclic) bond motifs is 2. The molecule has 3 heterocycles. The molecular weight excluding hydrogens is 658 g/mol. The van der Waals surface area contributed by atoms with Gasteiger partial charge in [0.1, 0.15) is 23.8 Å². The number of hydrogen-bond donors (Lipinski definition) is 2. The summed E-state index contributed by atoms with van der Waals surface area (Å²) in [5.41, 5.74) is 5.54. The van der Waals surface area contributed by atoms with Crippen LogP contribution < -0.4 is 5.32 Å². The van der Waals surface area contributed by atoms with Crippen molar-refractivity contribution in [3.05, 3.63) is 130 Å². The highest BCUT2D eigenvalue weighted by atomic mass is 32.1. The third-order valence-corrected chi connectivity index (χ3v) is 9.85. The van der Waals surface area contributed by atoms with Gasteiger partial charge in [-0.15, -0.1) is 11.3 Å². The molecule has 5 aromatic rings. The summed E-state index contributed by atoms with van der Waals surface area (Å²) in [4.78, 5) is 50.3. The van der Waals surface area contributed by atoms with Crippen LogP contribution in [-0.4, -0.2) is 73.1 Å². The number of hydrazine groups is 1. The SMILES string of the molecule is N#Cc1ccc(CN2CC(=O)N3[C@@H](Cc4ccc(O)cc4)C(=O)N(Cc4ccc(F)c5scnc45)C[C@@H]3N2C(=O)NCc2ccccc2)cc1. The molecule has 1 aromatic heterocycles. The standard InChI is InChI=1S/C37H32FN7O4S/c38-30-15-12-28(34-35(30)50-23-41-34)20-42-21-32-44(31(36(42)48)16-24-10-13-29(46)14-11-24)33(47)22-43(19-27-8-6-25(17-39)7-9-27)45(32)37(49)40-18-26-4-2-1-3-5-26/h1-15,23,31-32,46H,16,18-22H2,(H,40,49)/t31-,32-/m0/s1. The van der Waals surface area contributed by atoms with Crippen molar-refractivity contribution in [2.24, 2.45) is 0 Å². The molecule has 2 aliphatic heterocycles. The summed E-state index contributed by atoms with van der Waals surface area (Å²) in [6.07, 6.45) is -0.751. The molecule has 0 bridgehead atoms. The van der Waals surface area contributed by atoms with Crippen LogP contribution in [0.5, 0.6) is 5.75 Å². The average Bonchev–Trinajstić information content (AvgIpc) is 3.63. The number of nitrogens with zero attached hydrogens (tertiary/aromatic N) is 6. The van der Waals surface area contributed by atoms with E-state index in [-0.39, 0.29) is 56.7 Å². The Labute approximate surface area is 291 Å². The van der Waals surface area contributed by atoms with Gasteiger partial charge in [-0.2, -0.15) is 5.26 Å². The number of phenols is 1. The molecule has 0 unspecified atom stereocenters. The molecule has 2 atom stereocenters. The van der Waals surface area contributed by atoms with Gasteiger partial charge in [0, 0.05) is 26.1 Å². The second kappa shape index (κ2) is 13.9. The summed E-state index contributed by atoms with van der Waals surface area (Å²) in [6.45, 7) is 0.320. The third kappa shape index (κ3) is 6.58. The summed E-state index contributed by atoms with van der Waals surface area (Å²) < 4.78 is 15.0. The smallest absolute Gasteiger partial charge is 0.334 e. The number of amides is 4. The second-order valence-corrected chi connectivity index (χ2v) is 13.1. The normalized spacial score (nSPS) is 17.9. The van der Waals surface area contributed by atoms with Gasteiger partial charge in [-0.1, -0.05) is 60.7 Å². The molecule has 0 spiro atoms. The molecule has 13 heteroatoms. The molecule has 0 radical (unpaired) electrons. The summed E-state index contributed by atoms with van der Waals surface area (Å²) in [5.74, 6) is -0.970. The number of carbonyl (C=O) groups is 3. The molecule has 2 fully saturated rings. The van der Waals surface area contributed by atoms with Crippen molar-refractivity contribution < 1.29 is 23.9 Å². The van der Waals surface area contributed by atoms with E-state index in [1.54, 1.807) is 57.9 Å². The number of piperazine rings is 1. The van der Waals surface area contributed by atoms with Gasteiger partial charge in [0.2, 0.25) is 11.8 Å². The van der Waals surface area contributed by atoms with Gasteiger partial charge in [0.15, 0.2) is 0 Å². The molecule has 2 saturated heterocycles. The first-order chi connectivity index (χ1) is 24.3. The van der Waals surface area contributed by atoms with E-state index in [0.717, 1.165) is 16.7 Å². The molecule has 0 aliphatic carbocycles. The number of halogens is 1. The van der Waals surface area contributed by atoms with E-state index in [2.05, 4.69) is 16.4 Å². The number of thiazole rings is 1. The van der Waals surface area contributed by atoms with Crippen molar-refractivity contribution in [1.29, 1.82) is 5.26 Å². The van der Waals surface area contributed by atoms with Crippen LogP contribution in [0.3, 0.4) is 0 Å². The molecular formula is C37H32FN7O4S. The zero-order valence-corrected chi connectivity index (χ0v) is 27.6. The minimum atomic E-state index is -0.973. The number of urea groups is 1. The molecule has 50 heavy (non-hydrogen) atoms. The van der Waals surface area contributed by atoms with E-state index < -0.39 is 24.1 Å². The van der Waals surface area contributed by atoms with Crippen LogP contribution in [-0.2, 0) is 35.6 Å². The van der Waals surface area contributed by atoms with Crippen LogP contribution in [0.2, 0.25) is 0 Å². The fourth-order valence-electron chi connectivity index (χ4n) is 6.59. The van der Waals surface area contributed by atoms with Gasteiger partial charge in [-0.25, -0.2) is 24.2 Å². The number of nitriles is 1. The van der Waals surface area contributed by atoms with E-state index in [0.29, 0.717) is 21.3 Å². The Balaban J connectivity index is 1.27. The Morgan fingerprint density at radius 2 is 1.70 bits per heavy atom. The molecule has 11 nitrogen and oxygen atoms in total. The quantitative estimate of drug-likeness (QED) is 0.240. The number of nitrogens with one attached hydrogen (secondary N) is 1. The summed E-state index contributed by atoms with van der Waals surface area (Å²) >= 11 is 1.18. The maximum Gasteiger partial charge on any atom is 0.334 e. The highest BCUT2D eigenvalue weighted by Gasteiger charge is 2.51. The number of carbonyl (C=O) groups excluding carboxylic acids is 3. The number of benzene rings is 4. The van der Waals surface area contributed by atoms with Crippen LogP contribution in [0.1, 0.15) is 27.8 Å². The van der Waals surface area contributed by atoms with Crippen LogP contribution in [0, 0.1) is 17.1 Å². The fourth-order valence-corrected chi connectivity index (χ4v) is 7.32. The number of hydrogen-bond acceptors (Lipinski definition) is 8. The van der Waals surface area contributed by atoms with Crippen molar-refractivity contribution in [1.82, 2.24) is 30.1 Å². The van der Waals surface area contributed by atoms with Crippen LogP contribution in [0.15, 0.2) is 96.5 Å². The van der Waals surface area contributed by atoms with Crippen LogP contribution in [0.4, 0.5) is 9.18 Å². The highest BCUT2D eigenvalue weighted by Crippen LogP contribution is 2.32. The molecule has 252 valence electrons. The molecule has 4 amide bonds. The topological polar surface area (TPSA) is 133 Å². The Hall–Kier alpha value is -5.84. The maximum absolute atomic E-state index is 14.6. The van der Waals surface area contributed by atoms with Gasteiger partial charge in [0.05, 0.1) is 40.4 Å². The number of aromatic nitrogens is 1. The monoisotopic (exact) mass is 689 g/mol. The van der Waals surface area contributed by atoms with Crippen molar-refractivity contribution >= 4 is 39.4 Å². The predicted octanol–water partition coefficient (Wildman–Crippen LogP) is 4.76. The number of rotatable bonds is 8. The zero-order valence-electron chi connectivity index (χ0n) is 26.8. The van der Waals surface area contributed by atoms with E-state index >= 15 is 0 Å². The van der Waals surface area contributed by atoms with Gasteiger partial charge < -0.3 is 20.2 Å². The van der Waals surface area contributed by atoms with E-state index in [1.807, 2.05) is 30.3 Å². The van der Waals surface area contributed by atoms with Gasteiger partial charge in [-0.05, 0) is 52.6 Å². The maximum atomic E-state index is 14.6. The lowest BCUT2D eigenvalue weighted by atomic mass is 9.98. The van der Waals surface area contributed by atoms with E-state index in [1.165, 1.54) is 39.4 Å². The van der Waals surface area contributed by atoms with E-state index in [9.17, 15) is 29.1 Å². The Kier molecular flexibility index (Phi) is 9.12. The van der Waals surface area contributed by atoms with Crippen molar-refractivity contribution in [3.63, 3.8) is 0 Å². The lowest BCUT2D eigenvalue weighted by Gasteiger charge is -2.55. The summed E-state index contributed by atoms with van der Waals surface area (Å²) in [7, 11) is 0. The summed E-state index contributed by atoms with van der Waals surface area (Å²) in [6, 6.07) is 26.5. The lowest BCUT2D eigenvalue weighted by molar-refractivity contribution is -0.192. The van der Waals surface area contributed by atoms with Crippen molar-refractivity contribution in [2.75, 3.05) is 13.1 Å². The molecule has 2 aliphatic rings. The first-order valence-electron chi connectivity index (χ1n) is 16.0. The first-order valence-corrected chi connectivity index (χ1v) is 16.9. The first kappa shape index (κ1) is 32.7. The van der Waals surface area contributed by atoms with Gasteiger partial charge in [0.25, 0.3) is 0 Å². The summed E-state index contributed by atoms with van der Waals surface area (Å²) in [5, 5.41) is 25.4. The Morgan fingerprint density at radius 1 is 0.960 bits per heavy atom. The van der Waals surface area contributed by atoms with E-state index in [4.69, 9.17) is 0 Å². The largest absolute Gasteiger partial charge is 0.508 e. The van der Waals surface area contributed by atoms with Crippen molar-refractivity contribution in [2.45, 2.75) is 38.3 Å². The average molecular weight is 690 g/mol. The molecule has 0 saturated carbocycles. The molecule has 4 aromatic carbocycles. The van der Waals surface area contributed by atoms with Gasteiger partial charge >= 0.3 is 6.03 Å². The number of phenolic OH excluding ortho intramolecular Hbond substituents is 1. The fraction of sp³-hybridized carbons (Fsp3) is 0.216. The van der Waals surface area contributed by atoms with Crippen molar-refractivity contribution in [3.8, 4) is 11.8 Å². The second-order valence-electron chi connectivity index (χ2n) is 12.2. The Morgan fingerprint density at radius 3 is 2.44 bits per heavy atom. The zero-order chi connectivity index (χ0) is 34.8. The third-order valence-electron chi connectivity index (χ3n) is 9.02. The van der Waals surface area contributed by atoms with Gasteiger partial charge in [-0.3, -0.25) is 9.59 Å². The molecule has 2 N–H and O–H groups in total. The number of aromatic hydroxyl groups is 1. The van der Waals surface area contributed by atoms with Crippen LogP contribution >= 0.6 is 11.3 Å². The minimum absolute atomic E-state index is 0.0116. The lowest BCUT2D eigenvalue weighted by Crippen LogP contribution is -2.76. The predicted molar refractivity (Wildman–Crippen MR) is 183 cm³/mol. The Bertz CT molecular complexity index is 2090. The molecule has 7 rings (SSSR count).